The van der Waals surface area contributed by atoms with Crippen molar-refractivity contribution in [1.29, 1.82) is 0 Å². The van der Waals surface area contributed by atoms with Crippen molar-refractivity contribution in [2.75, 3.05) is 43.5 Å². The molecule has 5 heterocycles. The summed E-state index contributed by atoms with van der Waals surface area (Å²) < 4.78 is 71.6. The number of benzene rings is 2. The van der Waals surface area contributed by atoms with Gasteiger partial charge in [0.2, 0.25) is 12.1 Å². The van der Waals surface area contributed by atoms with Crippen molar-refractivity contribution >= 4 is 60.4 Å². The van der Waals surface area contributed by atoms with Crippen molar-refractivity contribution in [2.45, 2.75) is 43.7 Å². The van der Waals surface area contributed by atoms with E-state index in [0.717, 1.165) is 55.3 Å². The molecule has 2 fully saturated rings. The molecule has 8 nitrogen and oxygen atoms in total. The maximum Gasteiger partial charge on any atom is 0.319 e. The molecule has 0 unspecified atom stereocenters. The Bertz CT molecular complexity index is 2020. The van der Waals surface area contributed by atoms with E-state index in [1.807, 2.05) is 0 Å². The van der Waals surface area contributed by atoms with Gasteiger partial charge in [0.05, 0.1) is 38.3 Å². The van der Waals surface area contributed by atoms with Gasteiger partial charge >= 0.3 is 6.01 Å². The van der Waals surface area contributed by atoms with Gasteiger partial charge in [0.15, 0.2) is 11.6 Å². The van der Waals surface area contributed by atoms with Crippen molar-refractivity contribution in [3.63, 3.8) is 0 Å². The summed E-state index contributed by atoms with van der Waals surface area (Å²) >= 11 is 7.82. The Labute approximate surface area is 276 Å². The summed E-state index contributed by atoms with van der Waals surface area (Å²) in [6.07, 6.45) is 1.04. The van der Waals surface area contributed by atoms with Crippen LogP contribution in [0.1, 0.15) is 25.7 Å². The topological polar surface area (TPSA) is 81.1 Å². The fraction of sp³-hybridized carbons (Fsp3) is 0.364. The van der Waals surface area contributed by atoms with Crippen molar-refractivity contribution in [3.05, 3.63) is 65.0 Å². The summed E-state index contributed by atoms with van der Waals surface area (Å²) in [7, 11) is 0. The summed E-state index contributed by atoms with van der Waals surface area (Å²) in [4.78, 5) is 16.6. The zero-order chi connectivity index (χ0) is 33.2. The second-order valence-corrected chi connectivity index (χ2v) is 13.5. The van der Waals surface area contributed by atoms with Crippen LogP contribution in [0.2, 0.25) is 5.02 Å². The van der Waals surface area contributed by atoms with E-state index in [1.165, 1.54) is 12.1 Å². The highest BCUT2D eigenvalue weighted by atomic mass is 35.5. The number of nitrogens with two attached hydrogens (primary N) is 1. The van der Waals surface area contributed by atoms with Gasteiger partial charge in [-0.15, -0.1) is 17.9 Å². The zero-order valence-corrected chi connectivity index (χ0v) is 26.7. The maximum atomic E-state index is 17.1. The molecule has 7 rings (SSSR count). The molecule has 2 saturated heterocycles. The van der Waals surface area contributed by atoms with E-state index < -0.39 is 30.5 Å². The normalized spacial score (nSPS) is 20.9. The van der Waals surface area contributed by atoms with E-state index in [4.69, 9.17) is 33.4 Å². The second kappa shape index (κ2) is 11.8. The lowest BCUT2D eigenvalue weighted by atomic mass is 9.94. The van der Waals surface area contributed by atoms with E-state index in [1.54, 1.807) is 4.90 Å². The molecule has 2 aromatic heterocycles. The molecule has 14 heteroatoms. The number of halogens is 5. The minimum Gasteiger partial charge on any atom is -0.489 e. The van der Waals surface area contributed by atoms with Crippen LogP contribution in [0.25, 0.3) is 37.0 Å². The van der Waals surface area contributed by atoms with Crippen molar-refractivity contribution in [1.82, 2.24) is 14.9 Å². The zero-order valence-electron chi connectivity index (χ0n) is 25.1. The van der Waals surface area contributed by atoms with Gasteiger partial charge in [0, 0.05) is 30.5 Å². The lowest BCUT2D eigenvalue weighted by molar-refractivity contribution is 0.108. The van der Waals surface area contributed by atoms with E-state index in [2.05, 4.69) is 32.9 Å². The molecule has 244 valence electrons. The van der Waals surface area contributed by atoms with E-state index >= 15 is 4.39 Å². The quantitative estimate of drug-likeness (QED) is 0.114. The number of nitrogen functional groups attached to an aromatic ring is 1. The number of hydrogen-bond acceptors (Lipinski definition) is 8. The van der Waals surface area contributed by atoms with E-state index in [9.17, 15) is 13.2 Å². The van der Waals surface area contributed by atoms with Crippen LogP contribution in [-0.2, 0) is 0 Å². The maximum absolute atomic E-state index is 17.1. The first-order chi connectivity index (χ1) is 22.6. The number of ether oxygens (including phenoxy) is 2. The Morgan fingerprint density at radius 1 is 1.30 bits per heavy atom. The molecule has 2 atom stereocenters. The summed E-state index contributed by atoms with van der Waals surface area (Å²) in [5, 5.41) is 0.0849. The average Bonchev–Trinajstić information content (AvgIpc) is 3.65. The predicted octanol–water partition coefficient (Wildman–Crippen LogP) is 8.16. The number of thiophene rings is 1. The molecule has 4 aromatic rings. The van der Waals surface area contributed by atoms with Crippen molar-refractivity contribution in [3.8, 4) is 22.9 Å². The summed E-state index contributed by atoms with van der Waals surface area (Å²) in [6.45, 7) is 17.4. The first-order valence-electron chi connectivity index (χ1n) is 15.0. The van der Waals surface area contributed by atoms with Crippen LogP contribution in [0.4, 0.5) is 34.1 Å². The first-order valence-corrected chi connectivity index (χ1v) is 16.2. The average molecular weight is 685 g/mol. The van der Waals surface area contributed by atoms with Gasteiger partial charge in [0.25, 0.3) is 0 Å². The van der Waals surface area contributed by atoms with Crippen molar-refractivity contribution in [2.24, 2.45) is 0 Å². The Hall–Kier alpha value is -4.12. The van der Waals surface area contributed by atoms with Gasteiger partial charge in [-0.1, -0.05) is 35.9 Å². The summed E-state index contributed by atoms with van der Waals surface area (Å²) in [6, 6.07) is 1.70. The number of fused-ring (bicyclic) bond motifs is 2. The summed E-state index contributed by atoms with van der Waals surface area (Å²) in [5.41, 5.74) is 6.55. The third-order valence-electron chi connectivity index (χ3n) is 9.25. The molecule has 0 aliphatic carbocycles. The minimum atomic E-state index is -2.61. The summed E-state index contributed by atoms with van der Waals surface area (Å²) in [5.74, 6) is -1.40. The van der Waals surface area contributed by atoms with Crippen LogP contribution >= 0.6 is 22.9 Å². The van der Waals surface area contributed by atoms with Gasteiger partial charge in [-0.2, -0.15) is 9.97 Å². The molecular formula is C33H29ClF4N6O2S. The van der Waals surface area contributed by atoms with Gasteiger partial charge in [-0.25, -0.2) is 22.4 Å². The van der Waals surface area contributed by atoms with E-state index in [-0.39, 0.29) is 90.7 Å². The minimum absolute atomic E-state index is 0.0173. The monoisotopic (exact) mass is 684 g/mol. The smallest absolute Gasteiger partial charge is 0.319 e. The highest BCUT2D eigenvalue weighted by molar-refractivity contribution is 7.23. The highest BCUT2D eigenvalue weighted by Crippen LogP contribution is 2.53. The molecule has 3 aliphatic heterocycles. The Kier molecular flexibility index (Phi) is 7.93. The SMILES string of the molecule is [C-]#[N+]c1c(N)sc2c(F)ccc(-c3c(Cl)c4c5c(nc(OC[C@@]67CCCN6CC(=C)C7)nc5c3F)N(CCC(F)F)[C@@H](C=C)CO4)c12. The molecule has 3 aliphatic rings. The third-order valence-corrected chi connectivity index (χ3v) is 10.6. The lowest BCUT2D eigenvalue weighted by Gasteiger charge is -2.31. The fourth-order valence-electron chi connectivity index (χ4n) is 7.14. The number of anilines is 2. The van der Waals surface area contributed by atoms with Gasteiger partial charge in [0.1, 0.15) is 30.4 Å². The molecule has 0 radical (unpaired) electrons. The Balaban J connectivity index is 1.47. The lowest BCUT2D eigenvalue weighted by Crippen LogP contribution is -2.43. The highest BCUT2D eigenvalue weighted by Gasteiger charge is 2.46. The molecule has 47 heavy (non-hydrogen) atoms. The van der Waals surface area contributed by atoms with Crippen LogP contribution in [-0.4, -0.2) is 65.7 Å². The van der Waals surface area contributed by atoms with Gasteiger partial charge in [-0.05, 0) is 37.4 Å². The molecule has 0 bridgehead atoms. The molecule has 0 spiro atoms. The first kappa shape index (κ1) is 31.5. The van der Waals surface area contributed by atoms with Gasteiger partial charge in [-0.3, -0.25) is 4.90 Å². The van der Waals surface area contributed by atoms with Crippen LogP contribution in [0.5, 0.6) is 11.8 Å². The molecule has 0 saturated carbocycles. The largest absolute Gasteiger partial charge is 0.489 e. The number of nitrogens with zero attached hydrogens (tertiary/aromatic N) is 5. The molecule has 2 N–H and O–H groups in total. The Morgan fingerprint density at radius 3 is 2.85 bits per heavy atom. The van der Waals surface area contributed by atoms with Crippen molar-refractivity contribution < 1.29 is 27.0 Å². The number of hydrogen-bond donors (Lipinski definition) is 1. The number of alkyl halides is 2. The Morgan fingerprint density at radius 2 is 2.11 bits per heavy atom. The fourth-order valence-corrected chi connectivity index (χ4v) is 8.41. The standard InChI is InChI=1S/C33H29ClF4N6O2S/c1-4-17-14-45-28-23-26(25(38)21(24(28)34)18-6-7-19(35)29-22(18)27(40-3)30(39)47-29)41-32(42-31(23)44(17)11-8-20(36)37)46-15-33-9-5-10-43(33)13-16(2)12-33/h4,6-7,17,20H,1-2,5,8-15,39H2/t17-,33-/m0/s1. The molecular weight excluding hydrogens is 656 g/mol. The van der Waals surface area contributed by atoms with Crippen LogP contribution in [0.3, 0.4) is 0 Å². The predicted molar refractivity (Wildman–Crippen MR) is 176 cm³/mol. The third kappa shape index (κ3) is 5.05. The van der Waals surface area contributed by atoms with Crippen LogP contribution in [0, 0.1) is 18.2 Å². The van der Waals surface area contributed by atoms with Crippen LogP contribution < -0.4 is 20.1 Å². The number of aromatic nitrogens is 2. The molecule has 2 aromatic carbocycles. The van der Waals surface area contributed by atoms with E-state index in [0.29, 0.717) is 0 Å². The molecule has 0 amide bonds. The second-order valence-electron chi connectivity index (χ2n) is 12.1. The van der Waals surface area contributed by atoms with Gasteiger partial charge < -0.3 is 20.1 Å². The van der Waals surface area contributed by atoms with Crippen LogP contribution in [0.15, 0.2) is 36.9 Å². The number of rotatable bonds is 8.